The second-order valence-electron chi connectivity index (χ2n) is 7.29. The number of anilines is 1. The van der Waals surface area contributed by atoms with Crippen LogP contribution >= 0.6 is 0 Å². The van der Waals surface area contributed by atoms with Crippen molar-refractivity contribution in [1.82, 2.24) is 9.47 Å². The van der Waals surface area contributed by atoms with Crippen molar-refractivity contribution in [2.75, 3.05) is 38.1 Å². The monoisotopic (exact) mass is 415 g/mol. The van der Waals surface area contributed by atoms with Crippen molar-refractivity contribution in [2.24, 2.45) is 0 Å². The summed E-state index contributed by atoms with van der Waals surface area (Å²) in [4.78, 5) is 28.2. The first-order valence-electron chi connectivity index (χ1n) is 9.31. The number of benzene rings is 2. The molecule has 0 aliphatic carbocycles. The molecule has 1 saturated heterocycles. The number of rotatable bonds is 3. The average molecular weight is 415 g/mol. The predicted molar refractivity (Wildman–Crippen MR) is 108 cm³/mol. The highest BCUT2D eigenvalue weighted by atomic mass is 19.1. The quantitative estimate of drug-likeness (QED) is 0.684. The Morgan fingerprint density at radius 1 is 1.00 bits per heavy atom. The highest BCUT2D eigenvalue weighted by molar-refractivity contribution is 5.94. The van der Waals surface area contributed by atoms with Gasteiger partial charge in [-0.1, -0.05) is 0 Å². The van der Waals surface area contributed by atoms with Gasteiger partial charge < -0.3 is 24.6 Å². The molecule has 0 saturated carbocycles. The molecule has 2 N–H and O–H groups in total. The molecule has 2 aromatic carbocycles. The fourth-order valence-electron chi connectivity index (χ4n) is 3.67. The molecule has 1 aliphatic heterocycles. The van der Waals surface area contributed by atoms with Gasteiger partial charge >= 0.3 is 5.97 Å². The van der Waals surface area contributed by atoms with Crippen LogP contribution in [0.5, 0.6) is 5.75 Å². The summed E-state index contributed by atoms with van der Waals surface area (Å²) in [6, 6.07) is 5.83. The number of carbonyl (C=O) groups is 1. The van der Waals surface area contributed by atoms with E-state index in [0.717, 1.165) is 31.4 Å². The number of aromatic carboxylic acids is 1. The lowest BCUT2D eigenvalue weighted by Crippen LogP contribution is -2.44. The lowest BCUT2D eigenvalue weighted by molar-refractivity contribution is 0.0695. The molecule has 0 amide bonds. The van der Waals surface area contributed by atoms with Gasteiger partial charge in [0.25, 0.3) is 0 Å². The maximum absolute atomic E-state index is 14.9. The molecule has 3 aromatic rings. The first kappa shape index (κ1) is 19.8. The molecule has 1 aromatic heterocycles. The summed E-state index contributed by atoms with van der Waals surface area (Å²) in [7, 11) is 1.97. The van der Waals surface area contributed by atoms with Crippen LogP contribution in [0.15, 0.2) is 41.3 Å². The second-order valence-corrected chi connectivity index (χ2v) is 7.29. The number of aromatic hydroxyl groups is 1. The van der Waals surface area contributed by atoms with Crippen LogP contribution in [0.1, 0.15) is 10.4 Å². The maximum atomic E-state index is 14.9. The van der Waals surface area contributed by atoms with Crippen molar-refractivity contribution < 1.29 is 23.8 Å². The third-order valence-electron chi connectivity index (χ3n) is 5.34. The van der Waals surface area contributed by atoms with E-state index in [1.54, 1.807) is 0 Å². The molecule has 30 heavy (non-hydrogen) atoms. The minimum atomic E-state index is -1.50. The van der Waals surface area contributed by atoms with E-state index < -0.39 is 28.6 Å². The van der Waals surface area contributed by atoms with Crippen LogP contribution in [-0.4, -0.2) is 58.9 Å². The molecule has 0 radical (unpaired) electrons. The van der Waals surface area contributed by atoms with E-state index >= 15 is 0 Å². The molecule has 156 valence electrons. The van der Waals surface area contributed by atoms with Gasteiger partial charge in [0.2, 0.25) is 5.43 Å². The van der Waals surface area contributed by atoms with Crippen LogP contribution in [0, 0.1) is 11.6 Å². The van der Waals surface area contributed by atoms with Gasteiger partial charge in [0.1, 0.15) is 17.1 Å². The SMILES string of the molecule is CN1CCN(c2cc3c(cc2F)c(=O)c(C(=O)O)cn3-c2ccc(O)cc2F)CC1. The van der Waals surface area contributed by atoms with E-state index in [4.69, 9.17) is 0 Å². The Kier molecular flexibility index (Phi) is 4.90. The van der Waals surface area contributed by atoms with Gasteiger partial charge in [0.15, 0.2) is 5.82 Å². The van der Waals surface area contributed by atoms with Crippen molar-refractivity contribution in [3.05, 3.63) is 63.9 Å². The molecule has 1 aliphatic rings. The lowest BCUT2D eigenvalue weighted by atomic mass is 10.1. The summed E-state index contributed by atoms with van der Waals surface area (Å²) in [6.07, 6.45) is 1.02. The highest BCUT2D eigenvalue weighted by Crippen LogP contribution is 2.29. The second kappa shape index (κ2) is 7.42. The summed E-state index contributed by atoms with van der Waals surface area (Å²) in [5.74, 6) is -3.27. The first-order valence-corrected chi connectivity index (χ1v) is 9.31. The third-order valence-corrected chi connectivity index (χ3v) is 5.34. The van der Waals surface area contributed by atoms with E-state index in [1.165, 1.54) is 22.8 Å². The normalized spacial score (nSPS) is 15.0. The van der Waals surface area contributed by atoms with Gasteiger partial charge in [-0.2, -0.15) is 0 Å². The first-order chi connectivity index (χ1) is 14.3. The minimum Gasteiger partial charge on any atom is -0.508 e. The van der Waals surface area contributed by atoms with Crippen LogP contribution < -0.4 is 10.3 Å². The van der Waals surface area contributed by atoms with Crippen LogP contribution in [0.4, 0.5) is 14.5 Å². The van der Waals surface area contributed by atoms with Crippen molar-refractivity contribution in [3.8, 4) is 11.4 Å². The summed E-state index contributed by atoms with van der Waals surface area (Å²) in [6.45, 7) is 2.61. The van der Waals surface area contributed by atoms with Crippen LogP contribution in [0.25, 0.3) is 16.6 Å². The number of nitrogens with zero attached hydrogens (tertiary/aromatic N) is 3. The van der Waals surface area contributed by atoms with Gasteiger partial charge in [0.05, 0.1) is 16.9 Å². The van der Waals surface area contributed by atoms with Gasteiger partial charge in [-0.05, 0) is 31.3 Å². The molecule has 4 rings (SSSR count). The zero-order valence-corrected chi connectivity index (χ0v) is 16.1. The molecule has 0 unspecified atom stereocenters. The summed E-state index contributed by atoms with van der Waals surface area (Å²) < 4.78 is 30.7. The van der Waals surface area contributed by atoms with E-state index in [2.05, 4.69) is 4.90 Å². The summed E-state index contributed by atoms with van der Waals surface area (Å²) >= 11 is 0. The summed E-state index contributed by atoms with van der Waals surface area (Å²) in [5, 5.41) is 18.7. The number of carboxylic acids is 1. The Bertz CT molecular complexity index is 1220. The maximum Gasteiger partial charge on any atom is 0.341 e. The smallest absolute Gasteiger partial charge is 0.341 e. The number of carboxylic acid groups (broad SMARTS) is 1. The van der Waals surface area contributed by atoms with E-state index in [-0.39, 0.29) is 28.0 Å². The van der Waals surface area contributed by atoms with Gasteiger partial charge in [-0.15, -0.1) is 0 Å². The van der Waals surface area contributed by atoms with E-state index in [9.17, 15) is 28.6 Å². The fourth-order valence-corrected chi connectivity index (χ4v) is 3.67. The fraction of sp³-hybridized carbons (Fsp3) is 0.238. The highest BCUT2D eigenvalue weighted by Gasteiger charge is 2.22. The number of phenols is 1. The van der Waals surface area contributed by atoms with Crippen LogP contribution in [-0.2, 0) is 0 Å². The van der Waals surface area contributed by atoms with Gasteiger partial charge in [0, 0.05) is 43.8 Å². The molecule has 9 heteroatoms. The molecular formula is C21H19F2N3O4. The summed E-state index contributed by atoms with van der Waals surface area (Å²) in [5.41, 5.74) is -1.11. The Hall–Kier alpha value is -3.46. The zero-order chi connectivity index (χ0) is 21.6. The number of fused-ring (bicyclic) bond motifs is 1. The average Bonchev–Trinajstić information content (AvgIpc) is 2.69. The predicted octanol–water partition coefficient (Wildman–Crippen LogP) is 2.42. The Labute approximate surface area is 170 Å². The number of likely N-dealkylation sites (N-methyl/N-ethyl adjacent to an activating group) is 1. The van der Waals surface area contributed by atoms with Crippen molar-refractivity contribution in [3.63, 3.8) is 0 Å². The lowest BCUT2D eigenvalue weighted by Gasteiger charge is -2.34. The van der Waals surface area contributed by atoms with Crippen LogP contribution in [0.3, 0.4) is 0 Å². The van der Waals surface area contributed by atoms with Gasteiger partial charge in [-0.25, -0.2) is 13.6 Å². The number of piperazine rings is 1. The Balaban J connectivity index is 2.01. The number of hydrogen-bond donors (Lipinski definition) is 2. The molecule has 0 bridgehead atoms. The zero-order valence-electron chi connectivity index (χ0n) is 16.1. The molecule has 1 fully saturated rings. The topological polar surface area (TPSA) is 86.0 Å². The molecule has 0 atom stereocenters. The van der Waals surface area contributed by atoms with E-state index in [0.29, 0.717) is 13.1 Å². The third kappa shape index (κ3) is 3.37. The number of phenolic OH excluding ortho intramolecular Hbond substituents is 1. The number of aromatic nitrogens is 1. The molecular weight excluding hydrogens is 396 g/mol. The Morgan fingerprint density at radius 3 is 2.30 bits per heavy atom. The molecule has 2 heterocycles. The van der Waals surface area contributed by atoms with Crippen molar-refractivity contribution >= 4 is 22.6 Å². The van der Waals surface area contributed by atoms with Crippen LogP contribution in [0.2, 0.25) is 0 Å². The number of halogens is 2. The number of pyridine rings is 1. The number of hydrogen-bond acceptors (Lipinski definition) is 5. The Morgan fingerprint density at radius 2 is 1.67 bits per heavy atom. The van der Waals surface area contributed by atoms with Crippen molar-refractivity contribution in [2.45, 2.75) is 0 Å². The largest absolute Gasteiger partial charge is 0.508 e. The molecule has 7 nitrogen and oxygen atoms in total. The molecule has 0 spiro atoms. The van der Waals surface area contributed by atoms with Crippen molar-refractivity contribution in [1.29, 1.82) is 0 Å². The minimum absolute atomic E-state index is 0.0729. The standard InChI is InChI=1S/C21H19F2N3O4/c1-24-4-6-25(7-5-24)19-10-18-13(9-16(19)23)20(28)14(21(29)30)11-26(18)17-3-2-12(27)8-15(17)22/h2-3,8-11,27H,4-7H2,1H3,(H,29,30). The van der Waals surface area contributed by atoms with E-state index in [1.807, 2.05) is 11.9 Å². The van der Waals surface area contributed by atoms with Gasteiger partial charge in [-0.3, -0.25) is 4.79 Å².